The van der Waals surface area contributed by atoms with E-state index in [2.05, 4.69) is 9.88 Å². The molecule has 0 spiro atoms. The summed E-state index contributed by atoms with van der Waals surface area (Å²) in [6.07, 6.45) is 0.787. The third-order valence-corrected chi connectivity index (χ3v) is 6.39. The van der Waals surface area contributed by atoms with Gasteiger partial charge in [0.15, 0.2) is 11.5 Å². The molecule has 5 rings (SSSR count). The van der Waals surface area contributed by atoms with Crippen LogP contribution in [-0.2, 0) is 11.3 Å². The number of ether oxygens (including phenoxy) is 3. The Kier molecular flexibility index (Phi) is 5.78. The van der Waals surface area contributed by atoms with Crippen LogP contribution in [0.4, 0.5) is 0 Å². The van der Waals surface area contributed by atoms with Crippen LogP contribution < -0.4 is 20.6 Å². The van der Waals surface area contributed by atoms with Gasteiger partial charge in [-0.05, 0) is 24.6 Å². The third-order valence-electron chi connectivity index (χ3n) is 6.39. The van der Waals surface area contributed by atoms with Crippen LogP contribution >= 0.6 is 0 Å². The average molecular weight is 450 g/mol. The van der Waals surface area contributed by atoms with Crippen molar-refractivity contribution in [3.05, 3.63) is 57.1 Å². The second-order valence-electron chi connectivity index (χ2n) is 8.24. The zero-order chi connectivity index (χ0) is 22.9. The van der Waals surface area contributed by atoms with Gasteiger partial charge in [-0.2, -0.15) is 0 Å². The molecule has 1 saturated heterocycles. The standard InChI is InChI=1S/C25H27N3O5/c1-31-20-14-17-18(15-21(20)32-2)25(30)28(9-5-8-27-10-12-33-13-11-27)23-16-6-3-4-7-19(16)26-24(29)22(17)23/h3-4,6-7,14-15H,5,8-13H2,1-2H3,(H,26,29). The van der Waals surface area contributed by atoms with Gasteiger partial charge in [0.2, 0.25) is 0 Å². The molecule has 1 fully saturated rings. The minimum atomic E-state index is -0.233. The predicted molar refractivity (Wildman–Crippen MR) is 129 cm³/mol. The SMILES string of the molecule is COc1cc2c(=O)n(CCCN3CCOCC3)c3c4ccccc4[nH]c(=O)c3c2cc1OC. The fraction of sp³-hybridized carbons (Fsp3) is 0.360. The third kappa shape index (κ3) is 3.75. The number of H-pyrrole nitrogens is 1. The maximum Gasteiger partial charge on any atom is 0.259 e. The Morgan fingerprint density at radius 2 is 1.64 bits per heavy atom. The summed E-state index contributed by atoms with van der Waals surface area (Å²) in [5.41, 5.74) is 0.983. The van der Waals surface area contributed by atoms with E-state index in [0.29, 0.717) is 45.2 Å². The van der Waals surface area contributed by atoms with Gasteiger partial charge in [0, 0.05) is 37.0 Å². The van der Waals surface area contributed by atoms with E-state index >= 15 is 0 Å². The molecule has 0 amide bonds. The first-order valence-corrected chi connectivity index (χ1v) is 11.2. The number of aryl methyl sites for hydroxylation is 1. The van der Waals surface area contributed by atoms with E-state index in [1.165, 1.54) is 7.11 Å². The van der Waals surface area contributed by atoms with Crippen LogP contribution in [-0.4, -0.2) is 61.5 Å². The van der Waals surface area contributed by atoms with Crippen molar-refractivity contribution in [1.29, 1.82) is 0 Å². The molecule has 0 radical (unpaired) electrons. The summed E-state index contributed by atoms with van der Waals surface area (Å²) in [7, 11) is 3.07. The lowest BCUT2D eigenvalue weighted by Gasteiger charge is -2.26. The predicted octanol–water partition coefficient (Wildman–Crippen LogP) is 2.74. The molecule has 1 N–H and O–H groups in total. The number of rotatable bonds is 6. The zero-order valence-corrected chi connectivity index (χ0v) is 18.8. The van der Waals surface area contributed by atoms with Gasteiger partial charge in [0.1, 0.15) is 0 Å². The number of methoxy groups -OCH3 is 2. The van der Waals surface area contributed by atoms with Crippen LogP contribution in [0.3, 0.4) is 0 Å². The molecule has 172 valence electrons. The zero-order valence-electron chi connectivity index (χ0n) is 18.8. The Morgan fingerprint density at radius 1 is 0.939 bits per heavy atom. The normalized spacial score (nSPS) is 14.8. The Morgan fingerprint density at radius 3 is 2.36 bits per heavy atom. The summed E-state index contributed by atoms with van der Waals surface area (Å²) in [4.78, 5) is 32.4. The maximum absolute atomic E-state index is 13.8. The minimum Gasteiger partial charge on any atom is -0.493 e. The Labute approximate surface area is 190 Å². The molecule has 0 bridgehead atoms. The topological polar surface area (TPSA) is 85.8 Å². The molecule has 2 aromatic heterocycles. The summed E-state index contributed by atoms with van der Waals surface area (Å²) < 4.78 is 18.1. The van der Waals surface area contributed by atoms with Crippen molar-refractivity contribution in [2.45, 2.75) is 13.0 Å². The highest BCUT2D eigenvalue weighted by atomic mass is 16.5. The molecule has 33 heavy (non-hydrogen) atoms. The van der Waals surface area contributed by atoms with Crippen LogP contribution in [0.2, 0.25) is 0 Å². The lowest BCUT2D eigenvalue weighted by atomic mass is 10.0. The fourth-order valence-corrected chi connectivity index (χ4v) is 4.76. The van der Waals surface area contributed by atoms with Crippen LogP contribution in [0.1, 0.15) is 6.42 Å². The van der Waals surface area contributed by atoms with E-state index in [1.807, 2.05) is 24.3 Å². The van der Waals surface area contributed by atoms with Gasteiger partial charge >= 0.3 is 0 Å². The van der Waals surface area contributed by atoms with E-state index in [0.717, 1.165) is 44.7 Å². The lowest BCUT2D eigenvalue weighted by Crippen LogP contribution is -2.37. The van der Waals surface area contributed by atoms with Crippen LogP contribution in [0.25, 0.3) is 32.6 Å². The number of nitrogens with one attached hydrogen (secondary N) is 1. The molecular weight excluding hydrogens is 422 g/mol. The number of para-hydroxylation sites is 1. The first-order chi connectivity index (χ1) is 16.1. The number of aromatic nitrogens is 2. The fourth-order valence-electron chi connectivity index (χ4n) is 4.76. The molecule has 0 unspecified atom stereocenters. The molecule has 0 aliphatic carbocycles. The summed E-state index contributed by atoms with van der Waals surface area (Å²) in [5, 5.41) is 2.32. The van der Waals surface area contributed by atoms with Crippen LogP contribution in [0, 0.1) is 0 Å². The molecule has 8 heteroatoms. The molecular formula is C25H27N3O5. The van der Waals surface area contributed by atoms with Crippen molar-refractivity contribution in [2.75, 3.05) is 47.1 Å². The molecule has 0 saturated carbocycles. The van der Waals surface area contributed by atoms with E-state index in [1.54, 1.807) is 23.8 Å². The van der Waals surface area contributed by atoms with Gasteiger partial charge in [-0.15, -0.1) is 0 Å². The van der Waals surface area contributed by atoms with Gasteiger partial charge < -0.3 is 23.8 Å². The molecule has 4 aromatic rings. The summed E-state index contributed by atoms with van der Waals surface area (Å²) >= 11 is 0. The number of fused-ring (bicyclic) bond motifs is 5. The Hall–Kier alpha value is -3.36. The molecule has 3 heterocycles. The monoisotopic (exact) mass is 449 g/mol. The average Bonchev–Trinajstić information content (AvgIpc) is 2.85. The molecule has 8 nitrogen and oxygen atoms in total. The Bertz CT molecular complexity index is 1450. The molecule has 1 aliphatic heterocycles. The van der Waals surface area contributed by atoms with Gasteiger partial charge in [-0.1, -0.05) is 18.2 Å². The van der Waals surface area contributed by atoms with Crippen molar-refractivity contribution < 1.29 is 14.2 Å². The number of morpholine rings is 1. The summed E-state index contributed by atoms with van der Waals surface area (Å²) in [5.74, 6) is 0.932. The minimum absolute atomic E-state index is 0.142. The van der Waals surface area contributed by atoms with Crippen molar-refractivity contribution in [3.8, 4) is 11.5 Å². The molecule has 0 atom stereocenters. The van der Waals surface area contributed by atoms with Gasteiger partial charge in [0.05, 0.1) is 49.2 Å². The number of nitrogens with zero attached hydrogens (tertiary/aromatic N) is 2. The van der Waals surface area contributed by atoms with Crippen LogP contribution in [0.5, 0.6) is 11.5 Å². The van der Waals surface area contributed by atoms with E-state index in [4.69, 9.17) is 14.2 Å². The van der Waals surface area contributed by atoms with E-state index < -0.39 is 0 Å². The maximum atomic E-state index is 13.8. The number of pyridine rings is 2. The van der Waals surface area contributed by atoms with Crippen molar-refractivity contribution in [3.63, 3.8) is 0 Å². The van der Waals surface area contributed by atoms with Crippen LogP contribution in [0.15, 0.2) is 46.0 Å². The lowest BCUT2D eigenvalue weighted by molar-refractivity contribution is 0.0369. The summed E-state index contributed by atoms with van der Waals surface area (Å²) in [6, 6.07) is 11.0. The smallest absolute Gasteiger partial charge is 0.259 e. The second-order valence-corrected chi connectivity index (χ2v) is 8.24. The number of hydrogen-bond acceptors (Lipinski definition) is 6. The van der Waals surface area contributed by atoms with E-state index in [-0.39, 0.29) is 11.1 Å². The summed E-state index contributed by atoms with van der Waals surface area (Å²) in [6.45, 7) is 4.63. The van der Waals surface area contributed by atoms with Gasteiger partial charge in [-0.25, -0.2) is 0 Å². The Balaban J connectivity index is 1.76. The second kappa shape index (κ2) is 8.88. The molecule has 2 aromatic carbocycles. The molecule has 1 aliphatic rings. The number of benzene rings is 2. The first-order valence-electron chi connectivity index (χ1n) is 11.2. The van der Waals surface area contributed by atoms with Crippen molar-refractivity contribution >= 4 is 32.6 Å². The number of aromatic amines is 1. The number of hydrogen-bond donors (Lipinski definition) is 1. The first kappa shape index (κ1) is 21.5. The highest BCUT2D eigenvalue weighted by Crippen LogP contribution is 2.34. The van der Waals surface area contributed by atoms with E-state index in [9.17, 15) is 9.59 Å². The van der Waals surface area contributed by atoms with Crippen molar-refractivity contribution in [2.24, 2.45) is 0 Å². The van der Waals surface area contributed by atoms with Gasteiger partial charge in [0.25, 0.3) is 11.1 Å². The largest absolute Gasteiger partial charge is 0.493 e. The van der Waals surface area contributed by atoms with Gasteiger partial charge in [-0.3, -0.25) is 14.5 Å². The van der Waals surface area contributed by atoms with Crippen molar-refractivity contribution in [1.82, 2.24) is 14.5 Å². The highest BCUT2D eigenvalue weighted by molar-refractivity contribution is 6.14. The quantitative estimate of drug-likeness (QED) is 0.456. The highest BCUT2D eigenvalue weighted by Gasteiger charge is 2.19.